The van der Waals surface area contributed by atoms with E-state index >= 15 is 0 Å². The molecule has 0 bridgehead atoms. The maximum absolute atomic E-state index is 5.43. The van der Waals surface area contributed by atoms with Gasteiger partial charge in [-0.25, -0.2) is 9.97 Å². The zero-order valence-corrected chi connectivity index (χ0v) is 14.6. The number of aromatic nitrogens is 2. The van der Waals surface area contributed by atoms with Crippen molar-refractivity contribution in [2.75, 3.05) is 43.2 Å². The summed E-state index contributed by atoms with van der Waals surface area (Å²) < 4.78 is 5.43. The van der Waals surface area contributed by atoms with Crippen molar-refractivity contribution in [1.82, 2.24) is 9.97 Å². The summed E-state index contributed by atoms with van der Waals surface area (Å²) >= 11 is 0. The Kier molecular flexibility index (Phi) is 5.70. The average Bonchev–Trinajstić information content (AvgIpc) is 2.63. The standard InChI is InChI=1S/C18H30N4O/c1-3-4-15-5-7-16(8-6-15)21(2)17-13-18(20-14-19-17)22-9-11-23-12-10-22/h13-16H,3-12H2,1-2H3. The van der Waals surface area contributed by atoms with Gasteiger partial charge < -0.3 is 14.5 Å². The van der Waals surface area contributed by atoms with Crippen molar-refractivity contribution in [3.8, 4) is 0 Å². The molecular weight excluding hydrogens is 288 g/mol. The first kappa shape index (κ1) is 16.5. The molecule has 5 heteroatoms. The van der Waals surface area contributed by atoms with Crippen LogP contribution in [0.3, 0.4) is 0 Å². The third-order valence-electron chi connectivity index (χ3n) is 5.40. The molecular formula is C18H30N4O. The van der Waals surface area contributed by atoms with Crippen molar-refractivity contribution in [3.63, 3.8) is 0 Å². The maximum Gasteiger partial charge on any atom is 0.134 e. The molecule has 0 radical (unpaired) electrons. The predicted molar refractivity (Wildman–Crippen MR) is 94.1 cm³/mol. The minimum absolute atomic E-state index is 0.621. The van der Waals surface area contributed by atoms with Gasteiger partial charge in [0.05, 0.1) is 13.2 Å². The van der Waals surface area contributed by atoms with Crippen LogP contribution in [0.2, 0.25) is 0 Å². The normalized spacial score (nSPS) is 25.4. The molecule has 2 fully saturated rings. The molecule has 0 N–H and O–H groups in total. The molecule has 0 spiro atoms. The highest BCUT2D eigenvalue weighted by atomic mass is 16.5. The number of nitrogens with zero attached hydrogens (tertiary/aromatic N) is 4. The van der Waals surface area contributed by atoms with E-state index in [0.717, 1.165) is 43.9 Å². The lowest BCUT2D eigenvalue weighted by Gasteiger charge is -2.36. The lowest BCUT2D eigenvalue weighted by atomic mass is 9.83. The molecule has 1 aromatic rings. The van der Waals surface area contributed by atoms with Crippen molar-refractivity contribution in [2.24, 2.45) is 5.92 Å². The molecule has 2 aliphatic rings. The lowest BCUT2D eigenvalue weighted by molar-refractivity contribution is 0.122. The molecule has 5 nitrogen and oxygen atoms in total. The number of hydrogen-bond donors (Lipinski definition) is 0. The van der Waals surface area contributed by atoms with E-state index in [4.69, 9.17) is 4.74 Å². The highest BCUT2D eigenvalue weighted by molar-refractivity contribution is 5.50. The van der Waals surface area contributed by atoms with Crippen LogP contribution in [0.1, 0.15) is 45.4 Å². The molecule has 1 saturated heterocycles. The highest BCUT2D eigenvalue weighted by Crippen LogP contribution is 2.32. The average molecular weight is 318 g/mol. The second-order valence-corrected chi connectivity index (χ2v) is 6.91. The van der Waals surface area contributed by atoms with Crippen LogP contribution in [0, 0.1) is 5.92 Å². The maximum atomic E-state index is 5.43. The SMILES string of the molecule is CCCC1CCC(N(C)c2cc(N3CCOCC3)ncn2)CC1. The molecule has 128 valence electrons. The van der Waals surface area contributed by atoms with Crippen LogP contribution in [0.4, 0.5) is 11.6 Å². The predicted octanol–water partition coefficient (Wildman–Crippen LogP) is 3.11. The summed E-state index contributed by atoms with van der Waals surface area (Å²) in [6, 6.07) is 2.76. The first-order chi connectivity index (χ1) is 11.3. The number of hydrogen-bond acceptors (Lipinski definition) is 5. The summed E-state index contributed by atoms with van der Waals surface area (Å²) in [5.41, 5.74) is 0. The van der Waals surface area contributed by atoms with Gasteiger partial charge in [-0.3, -0.25) is 0 Å². The summed E-state index contributed by atoms with van der Waals surface area (Å²) in [4.78, 5) is 13.6. The van der Waals surface area contributed by atoms with Gasteiger partial charge in [-0.05, 0) is 31.6 Å². The number of anilines is 2. The third-order valence-corrected chi connectivity index (χ3v) is 5.40. The lowest BCUT2D eigenvalue weighted by Crippen LogP contribution is -2.38. The first-order valence-corrected chi connectivity index (χ1v) is 9.15. The van der Waals surface area contributed by atoms with Crippen molar-refractivity contribution < 1.29 is 4.74 Å². The molecule has 1 aromatic heterocycles. The Labute approximate surface area is 140 Å². The van der Waals surface area contributed by atoms with E-state index in [1.807, 2.05) is 0 Å². The summed E-state index contributed by atoms with van der Waals surface area (Å²) in [6.07, 6.45) is 9.73. The van der Waals surface area contributed by atoms with Crippen molar-refractivity contribution >= 4 is 11.6 Å². The van der Waals surface area contributed by atoms with Crippen molar-refractivity contribution in [3.05, 3.63) is 12.4 Å². The van der Waals surface area contributed by atoms with E-state index in [-0.39, 0.29) is 0 Å². The van der Waals surface area contributed by atoms with Gasteiger partial charge in [-0.15, -0.1) is 0 Å². The highest BCUT2D eigenvalue weighted by Gasteiger charge is 2.25. The van der Waals surface area contributed by atoms with Crippen LogP contribution in [0.15, 0.2) is 12.4 Å². The molecule has 1 aliphatic heterocycles. The first-order valence-electron chi connectivity index (χ1n) is 9.15. The minimum Gasteiger partial charge on any atom is -0.378 e. The van der Waals surface area contributed by atoms with Gasteiger partial charge in [0.15, 0.2) is 0 Å². The third kappa shape index (κ3) is 4.14. The summed E-state index contributed by atoms with van der Waals surface area (Å²) in [7, 11) is 2.19. The molecule has 1 saturated carbocycles. The van der Waals surface area contributed by atoms with Gasteiger partial charge in [0.25, 0.3) is 0 Å². The Morgan fingerprint density at radius 3 is 2.61 bits per heavy atom. The molecule has 0 amide bonds. The Balaban J connectivity index is 1.62. The van der Waals surface area contributed by atoms with Gasteiger partial charge >= 0.3 is 0 Å². The van der Waals surface area contributed by atoms with Crippen LogP contribution < -0.4 is 9.80 Å². The fraction of sp³-hybridized carbons (Fsp3) is 0.778. The summed E-state index contributed by atoms with van der Waals surface area (Å²) in [5.74, 6) is 3.03. The molecule has 23 heavy (non-hydrogen) atoms. The molecule has 2 heterocycles. The smallest absolute Gasteiger partial charge is 0.134 e. The largest absolute Gasteiger partial charge is 0.378 e. The summed E-state index contributed by atoms with van der Waals surface area (Å²) in [5, 5.41) is 0. The number of morpholine rings is 1. The molecule has 0 aromatic carbocycles. The van der Waals surface area contributed by atoms with E-state index in [9.17, 15) is 0 Å². The molecule has 0 unspecified atom stereocenters. The van der Waals surface area contributed by atoms with Gasteiger partial charge in [-0.2, -0.15) is 0 Å². The molecule has 1 aliphatic carbocycles. The van der Waals surface area contributed by atoms with Crippen LogP contribution in [0.25, 0.3) is 0 Å². The van der Waals surface area contributed by atoms with Crippen LogP contribution in [0.5, 0.6) is 0 Å². The van der Waals surface area contributed by atoms with E-state index in [1.54, 1.807) is 6.33 Å². The van der Waals surface area contributed by atoms with Gasteiger partial charge in [-0.1, -0.05) is 19.8 Å². The number of ether oxygens (including phenoxy) is 1. The van der Waals surface area contributed by atoms with E-state index in [1.165, 1.54) is 38.5 Å². The Hall–Kier alpha value is -1.36. The monoisotopic (exact) mass is 318 g/mol. The van der Waals surface area contributed by atoms with E-state index < -0.39 is 0 Å². The topological polar surface area (TPSA) is 41.5 Å². The fourth-order valence-corrected chi connectivity index (χ4v) is 3.91. The van der Waals surface area contributed by atoms with Gasteiger partial charge in [0, 0.05) is 32.2 Å². The van der Waals surface area contributed by atoms with Crippen LogP contribution in [-0.4, -0.2) is 49.4 Å². The fourth-order valence-electron chi connectivity index (χ4n) is 3.91. The minimum atomic E-state index is 0.621. The van der Waals surface area contributed by atoms with E-state index in [2.05, 4.69) is 39.8 Å². The van der Waals surface area contributed by atoms with Crippen LogP contribution >= 0.6 is 0 Å². The van der Waals surface area contributed by atoms with Crippen molar-refractivity contribution in [1.29, 1.82) is 0 Å². The van der Waals surface area contributed by atoms with E-state index in [0.29, 0.717) is 6.04 Å². The number of rotatable bonds is 5. The Morgan fingerprint density at radius 2 is 1.91 bits per heavy atom. The molecule has 3 rings (SSSR count). The van der Waals surface area contributed by atoms with Gasteiger partial charge in [0.1, 0.15) is 18.0 Å². The summed E-state index contributed by atoms with van der Waals surface area (Å²) in [6.45, 7) is 5.71. The zero-order chi connectivity index (χ0) is 16.1. The second kappa shape index (κ2) is 7.95. The Morgan fingerprint density at radius 1 is 1.17 bits per heavy atom. The molecule has 0 atom stereocenters. The quantitative estimate of drug-likeness (QED) is 0.834. The van der Waals surface area contributed by atoms with Crippen LogP contribution in [-0.2, 0) is 4.74 Å². The van der Waals surface area contributed by atoms with Gasteiger partial charge in [0.2, 0.25) is 0 Å². The second-order valence-electron chi connectivity index (χ2n) is 6.91. The van der Waals surface area contributed by atoms with Crippen molar-refractivity contribution in [2.45, 2.75) is 51.5 Å². The Bertz CT molecular complexity index is 482. The zero-order valence-electron chi connectivity index (χ0n) is 14.6.